The molecule has 1 aliphatic carbocycles. The maximum Gasteiger partial charge on any atom is 0.374 e. The van der Waals surface area contributed by atoms with Crippen molar-refractivity contribution in [1.29, 1.82) is 0 Å². The van der Waals surface area contributed by atoms with Gasteiger partial charge in [0.2, 0.25) is 11.7 Å². The maximum atomic E-state index is 13.3. The van der Waals surface area contributed by atoms with E-state index in [2.05, 4.69) is 17.3 Å². The first-order valence-corrected chi connectivity index (χ1v) is 12.2. The average molecular weight is 457 g/mol. The minimum Gasteiger partial charge on any atom is -0.460 e. The second-order valence-electron chi connectivity index (χ2n) is 9.51. The van der Waals surface area contributed by atoms with Gasteiger partial charge in [0, 0.05) is 36.8 Å². The molecule has 1 aliphatic heterocycles. The van der Waals surface area contributed by atoms with E-state index in [4.69, 9.17) is 13.9 Å². The van der Waals surface area contributed by atoms with Crippen molar-refractivity contribution in [2.24, 2.45) is 11.8 Å². The Hall–Kier alpha value is -2.38. The van der Waals surface area contributed by atoms with Crippen LogP contribution in [0, 0.1) is 18.8 Å². The molecule has 1 aromatic carbocycles. The summed E-state index contributed by atoms with van der Waals surface area (Å²) in [5.74, 6) is 0.862. The highest BCUT2D eigenvalue weighted by atomic mass is 16.5. The molecular formula is C26H36N2O5. The molecule has 180 valence electrons. The van der Waals surface area contributed by atoms with Gasteiger partial charge in [0.25, 0.3) is 0 Å². The number of benzene rings is 1. The van der Waals surface area contributed by atoms with Crippen molar-refractivity contribution in [2.45, 2.75) is 57.9 Å². The van der Waals surface area contributed by atoms with Crippen LogP contribution in [-0.2, 0) is 14.3 Å². The number of anilines is 1. The van der Waals surface area contributed by atoms with Crippen LogP contribution in [0.4, 0.5) is 5.69 Å². The van der Waals surface area contributed by atoms with Crippen LogP contribution in [0.5, 0.6) is 0 Å². The third-order valence-electron chi connectivity index (χ3n) is 7.33. The first-order valence-electron chi connectivity index (χ1n) is 12.2. The number of nitrogens with zero attached hydrogens (tertiary/aromatic N) is 1. The number of nitrogens with one attached hydrogen (secondary N) is 1. The molecule has 2 atom stereocenters. The van der Waals surface area contributed by atoms with Crippen LogP contribution in [0.25, 0.3) is 11.0 Å². The number of hydrogen-bond donors (Lipinski definition) is 1. The second-order valence-corrected chi connectivity index (χ2v) is 9.51. The molecule has 7 heteroatoms. The molecule has 33 heavy (non-hydrogen) atoms. The van der Waals surface area contributed by atoms with Crippen molar-refractivity contribution in [3.05, 3.63) is 29.5 Å². The first-order chi connectivity index (χ1) is 16.0. The number of likely N-dealkylation sites (N-methyl/N-ethyl adjacent to an activating group) is 1. The number of ether oxygens (including phenoxy) is 2. The summed E-state index contributed by atoms with van der Waals surface area (Å²) in [5, 5.41) is 3.94. The van der Waals surface area contributed by atoms with Crippen molar-refractivity contribution < 1.29 is 23.5 Å². The summed E-state index contributed by atoms with van der Waals surface area (Å²) >= 11 is 0. The van der Waals surface area contributed by atoms with Gasteiger partial charge in [-0.1, -0.05) is 32.1 Å². The van der Waals surface area contributed by atoms with Crippen LogP contribution in [0.3, 0.4) is 0 Å². The minimum absolute atomic E-state index is 0.0591. The Labute approximate surface area is 195 Å². The van der Waals surface area contributed by atoms with E-state index in [9.17, 15) is 9.59 Å². The van der Waals surface area contributed by atoms with Crippen LogP contribution in [0.1, 0.15) is 61.1 Å². The fourth-order valence-corrected chi connectivity index (χ4v) is 5.57. The van der Waals surface area contributed by atoms with Crippen LogP contribution in [0.2, 0.25) is 0 Å². The Balaban J connectivity index is 1.46. The van der Waals surface area contributed by atoms with E-state index >= 15 is 0 Å². The lowest BCUT2D eigenvalue weighted by atomic mass is 9.76. The number of amides is 1. The smallest absolute Gasteiger partial charge is 0.374 e. The summed E-state index contributed by atoms with van der Waals surface area (Å²) in [4.78, 5) is 28.0. The zero-order valence-corrected chi connectivity index (χ0v) is 20.0. The highest BCUT2D eigenvalue weighted by Crippen LogP contribution is 2.39. The summed E-state index contributed by atoms with van der Waals surface area (Å²) < 4.78 is 16.0. The Bertz CT molecular complexity index is 978. The van der Waals surface area contributed by atoms with Gasteiger partial charge in [-0.2, -0.15) is 0 Å². The molecule has 2 aromatic rings. The highest BCUT2D eigenvalue weighted by molar-refractivity contribution is 6.00. The number of carbonyl (C=O) groups excluding carboxylic acids is 2. The molecule has 0 bridgehead atoms. The van der Waals surface area contributed by atoms with Crippen molar-refractivity contribution in [1.82, 2.24) is 4.90 Å². The number of furan rings is 1. The van der Waals surface area contributed by atoms with Gasteiger partial charge in [-0.05, 0) is 57.0 Å². The highest BCUT2D eigenvalue weighted by Gasteiger charge is 2.41. The van der Waals surface area contributed by atoms with Crippen molar-refractivity contribution >= 4 is 28.5 Å². The maximum absolute atomic E-state index is 13.3. The monoisotopic (exact) mass is 456 g/mol. The quantitative estimate of drug-likeness (QED) is 0.455. The third kappa shape index (κ3) is 5.25. The van der Waals surface area contributed by atoms with E-state index in [-0.39, 0.29) is 24.3 Å². The first kappa shape index (κ1) is 23.8. The topological polar surface area (TPSA) is 81.0 Å². The molecule has 2 fully saturated rings. The van der Waals surface area contributed by atoms with Crippen LogP contribution in [-0.4, -0.2) is 56.7 Å². The summed E-state index contributed by atoms with van der Waals surface area (Å²) in [7, 11) is 3.67. The van der Waals surface area contributed by atoms with Gasteiger partial charge in [-0.15, -0.1) is 0 Å². The van der Waals surface area contributed by atoms with Gasteiger partial charge in [-0.3, -0.25) is 9.69 Å². The number of esters is 1. The lowest BCUT2D eigenvalue weighted by Gasteiger charge is -2.32. The third-order valence-corrected chi connectivity index (χ3v) is 7.33. The average Bonchev–Trinajstić information content (AvgIpc) is 3.37. The zero-order valence-electron chi connectivity index (χ0n) is 20.0. The normalized spacial score (nSPS) is 22.0. The molecule has 7 nitrogen and oxygen atoms in total. The number of carbonyl (C=O) groups is 2. The number of hydrogen-bond acceptors (Lipinski definition) is 6. The molecule has 0 spiro atoms. The molecule has 2 unspecified atom stereocenters. The Morgan fingerprint density at radius 2 is 1.94 bits per heavy atom. The Morgan fingerprint density at radius 3 is 2.70 bits per heavy atom. The number of likely N-dealkylation sites (tertiary alicyclic amines) is 1. The molecule has 1 amide bonds. The van der Waals surface area contributed by atoms with E-state index in [1.165, 1.54) is 32.1 Å². The fourth-order valence-electron chi connectivity index (χ4n) is 5.57. The molecule has 1 N–H and O–H groups in total. The molecule has 4 rings (SSSR count). The minimum atomic E-state index is -0.478. The van der Waals surface area contributed by atoms with E-state index in [1.54, 1.807) is 13.2 Å². The second kappa shape index (κ2) is 10.7. The molecule has 2 heterocycles. The van der Waals surface area contributed by atoms with E-state index in [0.29, 0.717) is 30.4 Å². The largest absolute Gasteiger partial charge is 0.460 e. The number of rotatable bonds is 8. The predicted molar refractivity (Wildman–Crippen MR) is 127 cm³/mol. The van der Waals surface area contributed by atoms with Gasteiger partial charge in [0.05, 0.1) is 12.6 Å². The van der Waals surface area contributed by atoms with Crippen molar-refractivity contribution in [3.8, 4) is 0 Å². The fraction of sp³-hybridized carbons (Fsp3) is 0.615. The van der Waals surface area contributed by atoms with Crippen LogP contribution in [0.15, 0.2) is 22.6 Å². The summed E-state index contributed by atoms with van der Waals surface area (Å²) in [5.41, 5.74) is 2.04. The van der Waals surface area contributed by atoms with E-state index in [0.717, 1.165) is 29.6 Å². The van der Waals surface area contributed by atoms with Gasteiger partial charge in [0.15, 0.2) is 0 Å². The van der Waals surface area contributed by atoms with E-state index in [1.807, 2.05) is 19.1 Å². The van der Waals surface area contributed by atoms with E-state index < -0.39 is 5.97 Å². The molecular weight excluding hydrogens is 420 g/mol. The number of methoxy groups -OCH3 is 1. The van der Waals surface area contributed by atoms with Crippen molar-refractivity contribution in [2.75, 3.05) is 39.2 Å². The number of aryl methyl sites for hydroxylation is 1. The van der Waals surface area contributed by atoms with Gasteiger partial charge in [0.1, 0.15) is 5.58 Å². The number of fused-ring (bicyclic) bond motifs is 1. The zero-order chi connectivity index (χ0) is 23.4. The summed E-state index contributed by atoms with van der Waals surface area (Å²) in [6, 6.07) is 5.43. The van der Waals surface area contributed by atoms with Crippen molar-refractivity contribution in [3.63, 3.8) is 0 Å². The lowest BCUT2D eigenvalue weighted by molar-refractivity contribution is -0.121. The van der Waals surface area contributed by atoms with Gasteiger partial charge < -0.3 is 19.2 Å². The molecule has 0 radical (unpaired) electrons. The summed E-state index contributed by atoms with van der Waals surface area (Å²) in [6.07, 6.45) is 8.10. The Kier molecular flexibility index (Phi) is 7.71. The van der Waals surface area contributed by atoms with Gasteiger partial charge in [-0.25, -0.2) is 4.79 Å². The predicted octanol–water partition coefficient (Wildman–Crippen LogP) is 4.77. The molecule has 1 aromatic heterocycles. The molecule has 1 saturated heterocycles. The standard InChI is InChI=1S/C26H36N2O5/c1-17-21-16-19(10-11-22(21)33-24(17)26(30)32-15-7-14-31-3)27-25(29)23-20(12-13-28(23)2)18-8-5-4-6-9-18/h10-11,16,18,20,23H,4-9,12-15H2,1-3H3,(H,27,29). The van der Waals surface area contributed by atoms with Crippen LogP contribution < -0.4 is 5.32 Å². The Morgan fingerprint density at radius 1 is 1.15 bits per heavy atom. The SMILES string of the molecule is COCCCOC(=O)c1oc2ccc(NC(=O)C3C(C4CCCCC4)CCN3C)cc2c1C. The summed E-state index contributed by atoms with van der Waals surface area (Å²) in [6.45, 7) is 3.62. The lowest BCUT2D eigenvalue weighted by Crippen LogP contribution is -2.43. The molecule has 2 aliphatic rings. The van der Waals surface area contributed by atoms with Crippen LogP contribution >= 0.6 is 0 Å². The molecule has 1 saturated carbocycles. The van der Waals surface area contributed by atoms with Gasteiger partial charge >= 0.3 is 5.97 Å².